The molecular weight excluding hydrogens is 192 g/mol. The molecule has 0 saturated carbocycles. The van der Waals surface area contributed by atoms with E-state index in [1.807, 2.05) is 20.8 Å². The average molecular weight is 214 g/mol. The molecule has 0 radical (unpaired) electrons. The largest absolute Gasteiger partial charge is 0.356 e. The highest BCUT2D eigenvalue weighted by Gasteiger charge is 2.04. The number of hydrogen-bond donors (Lipinski definition) is 2. The van der Waals surface area contributed by atoms with Crippen LogP contribution in [0.2, 0.25) is 0 Å². The lowest BCUT2D eigenvalue weighted by Crippen LogP contribution is -2.32. The Bertz CT molecular complexity index is 205. The van der Waals surface area contributed by atoms with Crippen LogP contribution in [0.1, 0.15) is 46.5 Å². The fraction of sp³-hybridized carbons (Fsp3) is 0.818. The van der Waals surface area contributed by atoms with Crippen molar-refractivity contribution in [2.75, 3.05) is 6.54 Å². The fourth-order valence-corrected chi connectivity index (χ4v) is 1.05. The molecule has 4 nitrogen and oxygen atoms in total. The molecule has 1 unspecified atom stereocenters. The Balaban J connectivity index is 3.43. The Labute approximate surface area is 91.8 Å². The zero-order valence-electron chi connectivity index (χ0n) is 9.93. The van der Waals surface area contributed by atoms with Gasteiger partial charge in [0.2, 0.25) is 11.8 Å². The van der Waals surface area contributed by atoms with E-state index in [-0.39, 0.29) is 17.9 Å². The molecule has 0 aromatic rings. The quantitative estimate of drug-likeness (QED) is 0.626. The maximum absolute atomic E-state index is 11.3. The number of carbonyl (C=O) groups is 2. The number of rotatable bonds is 7. The molecule has 0 aromatic carbocycles. The van der Waals surface area contributed by atoms with Crippen molar-refractivity contribution < 1.29 is 9.59 Å². The summed E-state index contributed by atoms with van der Waals surface area (Å²) in [5, 5.41) is 5.62. The minimum Gasteiger partial charge on any atom is -0.356 e. The van der Waals surface area contributed by atoms with E-state index in [1.54, 1.807) is 0 Å². The predicted octanol–water partition coefficient (Wildman–Crippen LogP) is 1.21. The summed E-state index contributed by atoms with van der Waals surface area (Å²) < 4.78 is 0. The molecule has 88 valence electrons. The van der Waals surface area contributed by atoms with Crippen LogP contribution in [-0.4, -0.2) is 24.4 Å². The lowest BCUT2D eigenvalue weighted by Gasteiger charge is -2.11. The summed E-state index contributed by atoms with van der Waals surface area (Å²) in [4.78, 5) is 22.2. The third-order valence-corrected chi connectivity index (χ3v) is 2.24. The van der Waals surface area contributed by atoms with E-state index in [1.165, 1.54) is 0 Å². The molecule has 0 aliphatic carbocycles. The number of amides is 2. The minimum atomic E-state index is 0.0392. The van der Waals surface area contributed by atoms with Crippen LogP contribution >= 0.6 is 0 Å². The van der Waals surface area contributed by atoms with E-state index in [0.717, 1.165) is 6.42 Å². The molecule has 15 heavy (non-hydrogen) atoms. The molecule has 4 heteroatoms. The molecule has 0 aromatic heterocycles. The van der Waals surface area contributed by atoms with Crippen LogP contribution in [0.4, 0.5) is 0 Å². The lowest BCUT2D eigenvalue weighted by atomic mass is 10.2. The van der Waals surface area contributed by atoms with Crippen LogP contribution in [-0.2, 0) is 9.59 Å². The first kappa shape index (κ1) is 13.9. The first-order valence-electron chi connectivity index (χ1n) is 5.66. The number of hydrogen-bond acceptors (Lipinski definition) is 2. The molecule has 1 atom stereocenters. The van der Waals surface area contributed by atoms with Gasteiger partial charge in [-0.15, -0.1) is 0 Å². The van der Waals surface area contributed by atoms with Gasteiger partial charge in [0.15, 0.2) is 0 Å². The molecule has 2 amide bonds. The van der Waals surface area contributed by atoms with Crippen molar-refractivity contribution in [2.24, 2.45) is 0 Å². The third kappa shape index (κ3) is 7.97. The molecule has 0 bridgehead atoms. The van der Waals surface area contributed by atoms with Crippen molar-refractivity contribution in [1.82, 2.24) is 10.6 Å². The molecule has 2 N–H and O–H groups in total. The van der Waals surface area contributed by atoms with Gasteiger partial charge in [-0.3, -0.25) is 9.59 Å². The summed E-state index contributed by atoms with van der Waals surface area (Å²) in [6.07, 6.45) is 2.62. The highest BCUT2D eigenvalue weighted by atomic mass is 16.2. The van der Waals surface area contributed by atoms with Crippen molar-refractivity contribution in [2.45, 2.75) is 52.5 Å². The Morgan fingerprint density at radius 3 is 2.40 bits per heavy atom. The van der Waals surface area contributed by atoms with Crippen LogP contribution in [0.15, 0.2) is 0 Å². The van der Waals surface area contributed by atoms with E-state index in [2.05, 4.69) is 10.6 Å². The summed E-state index contributed by atoms with van der Waals surface area (Å²) in [6.45, 7) is 6.41. The Hall–Kier alpha value is -1.06. The predicted molar refractivity (Wildman–Crippen MR) is 60.4 cm³/mol. The second-order valence-corrected chi connectivity index (χ2v) is 3.68. The molecular formula is C11H22N2O2. The normalized spacial score (nSPS) is 11.9. The molecule has 0 aliphatic rings. The topological polar surface area (TPSA) is 58.2 Å². The first-order chi connectivity index (χ1) is 7.10. The highest BCUT2D eigenvalue weighted by molar-refractivity contribution is 5.77. The number of carbonyl (C=O) groups excluding carboxylic acids is 2. The summed E-state index contributed by atoms with van der Waals surface area (Å²) in [5.74, 6) is 0.104. The van der Waals surface area contributed by atoms with Gasteiger partial charge in [-0.05, 0) is 19.8 Å². The maximum Gasteiger partial charge on any atom is 0.220 e. The fourth-order valence-electron chi connectivity index (χ4n) is 1.05. The smallest absolute Gasteiger partial charge is 0.220 e. The molecule has 0 spiro atoms. The lowest BCUT2D eigenvalue weighted by molar-refractivity contribution is -0.123. The summed E-state index contributed by atoms with van der Waals surface area (Å²) in [6, 6.07) is 0.239. The van der Waals surface area contributed by atoms with Gasteiger partial charge in [-0.2, -0.15) is 0 Å². The van der Waals surface area contributed by atoms with Crippen molar-refractivity contribution in [3.8, 4) is 0 Å². The van der Waals surface area contributed by atoms with E-state index >= 15 is 0 Å². The van der Waals surface area contributed by atoms with Gasteiger partial charge in [-0.25, -0.2) is 0 Å². The zero-order chi connectivity index (χ0) is 11.7. The van der Waals surface area contributed by atoms with Crippen LogP contribution in [0.3, 0.4) is 0 Å². The maximum atomic E-state index is 11.3. The van der Waals surface area contributed by atoms with E-state index in [0.29, 0.717) is 25.8 Å². The minimum absolute atomic E-state index is 0.0392. The van der Waals surface area contributed by atoms with Gasteiger partial charge in [0, 0.05) is 25.4 Å². The summed E-state index contributed by atoms with van der Waals surface area (Å²) in [7, 11) is 0. The second-order valence-electron chi connectivity index (χ2n) is 3.68. The van der Waals surface area contributed by atoms with Crippen LogP contribution in [0, 0.1) is 0 Å². The van der Waals surface area contributed by atoms with Gasteiger partial charge in [0.25, 0.3) is 0 Å². The zero-order valence-corrected chi connectivity index (χ0v) is 9.93. The first-order valence-corrected chi connectivity index (χ1v) is 5.66. The van der Waals surface area contributed by atoms with Crippen LogP contribution in [0.25, 0.3) is 0 Å². The Kier molecular flexibility index (Phi) is 7.68. The van der Waals surface area contributed by atoms with Gasteiger partial charge in [0.05, 0.1) is 0 Å². The van der Waals surface area contributed by atoms with Gasteiger partial charge in [-0.1, -0.05) is 13.8 Å². The van der Waals surface area contributed by atoms with Gasteiger partial charge in [0.1, 0.15) is 0 Å². The van der Waals surface area contributed by atoms with Gasteiger partial charge >= 0.3 is 0 Å². The van der Waals surface area contributed by atoms with Crippen molar-refractivity contribution in [3.63, 3.8) is 0 Å². The van der Waals surface area contributed by atoms with Gasteiger partial charge < -0.3 is 10.6 Å². The van der Waals surface area contributed by atoms with Crippen molar-refractivity contribution in [3.05, 3.63) is 0 Å². The second kappa shape index (κ2) is 8.26. The van der Waals surface area contributed by atoms with E-state index < -0.39 is 0 Å². The third-order valence-electron chi connectivity index (χ3n) is 2.24. The van der Waals surface area contributed by atoms with E-state index in [4.69, 9.17) is 0 Å². The van der Waals surface area contributed by atoms with Crippen LogP contribution in [0.5, 0.6) is 0 Å². The van der Waals surface area contributed by atoms with Crippen molar-refractivity contribution >= 4 is 11.8 Å². The molecule has 0 rings (SSSR count). The Morgan fingerprint density at radius 2 is 1.87 bits per heavy atom. The highest BCUT2D eigenvalue weighted by Crippen LogP contribution is 1.92. The van der Waals surface area contributed by atoms with E-state index in [9.17, 15) is 9.59 Å². The monoisotopic (exact) mass is 214 g/mol. The molecule has 0 aliphatic heterocycles. The molecule has 0 heterocycles. The SMILES string of the molecule is CCC(=O)NCCCC(=O)NC(C)CC. The Morgan fingerprint density at radius 1 is 1.20 bits per heavy atom. The van der Waals surface area contributed by atoms with Crippen LogP contribution < -0.4 is 10.6 Å². The summed E-state index contributed by atoms with van der Waals surface area (Å²) in [5.41, 5.74) is 0. The molecule has 0 saturated heterocycles. The summed E-state index contributed by atoms with van der Waals surface area (Å²) >= 11 is 0. The van der Waals surface area contributed by atoms with Crippen molar-refractivity contribution in [1.29, 1.82) is 0 Å². The number of nitrogens with one attached hydrogen (secondary N) is 2. The standard InChI is InChI=1S/C11H22N2O2/c1-4-9(3)13-11(15)7-6-8-12-10(14)5-2/h9H,4-8H2,1-3H3,(H,12,14)(H,13,15). The average Bonchev–Trinajstić information content (AvgIpc) is 2.23. The molecule has 0 fully saturated rings.